The van der Waals surface area contributed by atoms with Crippen molar-refractivity contribution in [2.75, 3.05) is 4.90 Å². The molecule has 3 saturated carbocycles. The second-order valence-electron chi connectivity index (χ2n) is 25.5. The van der Waals surface area contributed by atoms with Gasteiger partial charge in [-0.3, -0.25) is 0 Å². The maximum Gasteiger partial charge on any atom is 0.143 e. The fourth-order valence-corrected chi connectivity index (χ4v) is 19.7. The maximum absolute atomic E-state index is 7.45. The number of furan rings is 1. The Morgan fingerprint density at radius 3 is 1.85 bits per heavy atom. The molecule has 0 radical (unpaired) electrons. The van der Waals surface area contributed by atoms with E-state index in [0.29, 0.717) is 23.7 Å². The summed E-state index contributed by atoms with van der Waals surface area (Å²) >= 11 is 0. The lowest BCUT2D eigenvalue weighted by Crippen LogP contribution is -2.74. The van der Waals surface area contributed by atoms with Gasteiger partial charge in [-0.25, -0.2) is 0 Å². The molecule has 7 aliphatic carbocycles. The number of benzene rings is 11. The Morgan fingerprint density at radius 2 is 1.04 bits per heavy atom. The Morgan fingerprint density at radius 1 is 0.407 bits per heavy atom. The van der Waals surface area contributed by atoms with Crippen LogP contribution < -0.4 is 4.90 Å². The van der Waals surface area contributed by atoms with Gasteiger partial charge in [0, 0.05) is 60.9 Å². The number of fused-ring (bicyclic) bond motifs is 13. The number of nitrogens with zero attached hydrogens (tertiary/aromatic N) is 1. The molecule has 384 valence electrons. The SMILES string of the molecule is CC1(C)c2ccccc2-c2c(N(c3ccc(-c4ccc5c6c4oc4cccc(c46)C4CC56CC5c7ccccc7-c7ccccc7C57C5c8ccccc8-c8ccccc8C5(C4)C67)cc3)c3cccc(-c4ccccc4)c3)cccc21. The fourth-order valence-electron chi connectivity index (χ4n) is 19.7. The largest absolute Gasteiger partial charge is 0.455 e. The maximum atomic E-state index is 7.45. The summed E-state index contributed by atoms with van der Waals surface area (Å²) in [5, 5.41) is 2.70. The monoisotopic (exact) mass is 1040 g/mol. The van der Waals surface area contributed by atoms with Crippen LogP contribution in [0.4, 0.5) is 17.1 Å². The van der Waals surface area contributed by atoms with Gasteiger partial charge in [-0.15, -0.1) is 0 Å². The molecular formula is C79H57NO. The molecule has 11 aromatic carbocycles. The van der Waals surface area contributed by atoms with Gasteiger partial charge in [0.25, 0.3) is 0 Å². The Bertz CT molecular complexity index is 4710. The van der Waals surface area contributed by atoms with Crippen LogP contribution in [0.15, 0.2) is 253 Å². The summed E-state index contributed by atoms with van der Waals surface area (Å²) in [4.78, 5) is 2.50. The van der Waals surface area contributed by atoms with Gasteiger partial charge < -0.3 is 9.32 Å². The molecule has 7 unspecified atom stereocenters. The molecule has 3 fully saturated rings. The van der Waals surface area contributed by atoms with Crippen molar-refractivity contribution in [3.63, 3.8) is 0 Å². The molecule has 2 heteroatoms. The predicted molar refractivity (Wildman–Crippen MR) is 331 cm³/mol. The van der Waals surface area contributed by atoms with E-state index >= 15 is 0 Å². The van der Waals surface area contributed by atoms with E-state index in [0.717, 1.165) is 52.9 Å². The molecule has 1 heterocycles. The minimum atomic E-state index is -0.136. The third-order valence-corrected chi connectivity index (χ3v) is 22.0. The first-order chi connectivity index (χ1) is 39.9. The summed E-state index contributed by atoms with van der Waals surface area (Å²) in [6.45, 7) is 4.75. The standard InChI is InChI=1S/C79H57NO/c1-76(2)62-31-13-12-29-61(62)70-65(76)34-18-35-68(70)80(52-22-16-21-49(43-52)47-19-4-3-5-20-47)51-39-37-48(38-40-51)54-41-42-66-72-71-53(30-17-36-69(71)81-73(54)72)50-44-77(66)46-67-59-27-8-6-23-55(59)58-26-11-15-33-64(58)79(67)74-60-28-9-7-24-56(60)57-25-10-14-32-63(57)78(74,45-50)75(77)79/h3-43,50,67,74-75H,44-46H2,1-2H3. The predicted octanol–water partition coefficient (Wildman–Crippen LogP) is 20.3. The van der Waals surface area contributed by atoms with Gasteiger partial charge in [0.05, 0.1) is 5.69 Å². The van der Waals surface area contributed by atoms with Crippen molar-refractivity contribution in [2.45, 2.75) is 72.5 Å². The first-order valence-corrected chi connectivity index (χ1v) is 29.6. The molecule has 1 aromatic heterocycles. The van der Waals surface area contributed by atoms with Crippen molar-refractivity contribution in [1.82, 2.24) is 0 Å². The molecule has 0 amide bonds. The average molecular weight is 1040 g/mol. The van der Waals surface area contributed by atoms with Gasteiger partial charge in [-0.05, 0) is 162 Å². The Balaban J connectivity index is 0.825. The Kier molecular flexibility index (Phi) is 8.56. The molecular weight excluding hydrogens is 979 g/mol. The lowest BCUT2D eigenvalue weighted by molar-refractivity contribution is -0.0964. The minimum absolute atomic E-state index is 0.0746. The summed E-state index contributed by atoms with van der Waals surface area (Å²) in [7, 11) is 0. The molecule has 2 nitrogen and oxygen atoms in total. The lowest BCUT2D eigenvalue weighted by atomic mass is 9.26. The van der Waals surface area contributed by atoms with Crippen molar-refractivity contribution < 1.29 is 4.42 Å². The molecule has 81 heavy (non-hydrogen) atoms. The summed E-state index contributed by atoms with van der Waals surface area (Å²) in [6, 6.07) is 95.8. The van der Waals surface area contributed by atoms with Crippen molar-refractivity contribution in [3.8, 4) is 55.6 Å². The molecule has 0 N–H and O–H groups in total. The summed E-state index contributed by atoms with van der Waals surface area (Å²) < 4.78 is 7.45. The molecule has 7 atom stereocenters. The van der Waals surface area contributed by atoms with Gasteiger partial charge in [0.2, 0.25) is 0 Å². The lowest BCUT2D eigenvalue weighted by Gasteiger charge is -2.76. The van der Waals surface area contributed by atoms with E-state index in [-0.39, 0.29) is 21.7 Å². The van der Waals surface area contributed by atoms with E-state index < -0.39 is 0 Å². The zero-order valence-electron chi connectivity index (χ0n) is 45.5. The highest BCUT2D eigenvalue weighted by Crippen LogP contribution is 2.90. The quantitative estimate of drug-likeness (QED) is 0.171. The summed E-state index contributed by atoms with van der Waals surface area (Å²) in [6.07, 6.45) is 3.37. The second kappa shape index (κ2) is 15.5. The van der Waals surface area contributed by atoms with Crippen LogP contribution in [0.25, 0.3) is 77.6 Å². The number of rotatable bonds is 5. The van der Waals surface area contributed by atoms with Crippen LogP contribution in [-0.4, -0.2) is 0 Å². The topological polar surface area (TPSA) is 16.4 Å². The average Bonchev–Trinajstić information content (AvgIpc) is 1.76. The molecule has 12 aromatic rings. The van der Waals surface area contributed by atoms with Crippen LogP contribution in [0.5, 0.6) is 0 Å². The third kappa shape index (κ3) is 5.33. The first kappa shape index (κ1) is 44.8. The molecule has 3 spiro atoms. The highest BCUT2D eigenvalue weighted by atomic mass is 16.3. The molecule has 7 aliphatic rings. The fraction of sp³-hybridized carbons (Fsp3) is 0.165. The number of hydrogen-bond acceptors (Lipinski definition) is 2. The van der Waals surface area contributed by atoms with Crippen LogP contribution in [0.1, 0.15) is 95.4 Å². The third-order valence-electron chi connectivity index (χ3n) is 22.0. The molecule has 0 aliphatic heterocycles. The van der Waals surface area contributed by atoms with E-state index in [9.17, 15) is 0 Å². The van der Waals surface area contributed by atoms with E-state index in [1.165, 1.54) is 83.2 Å². The minimum Gasteiger partial charge on any atom is -0.455 e. The van der Waals surface area contributed by atoms with Gasteiger partial charge in [0.1, 0.15) is 11.2 Å². The van der Waals surface area contributed by atoms with Crippen LogP contribution in [0, 0.1) is 5.92 Å². The molecule has 0 saturated heterocycles. The van der Waals surface area contributed by atoms with Crippen molar-refractivity contribution in [3.05, 3.63) is 293 Å². The zero-order valence-corrected chi connectivity index (χ0v) is 45.5. The van der Waals surface area contributed by atoms with Gasteiger partial charge >= 0.3 is 0 Å². The number of anilines is 3. The van der Waals surface area contributed by atoms with E-state index in [2.05, 4.69) is 267 Å². The van der Waals surface area contributed by atoms with Crippen LogP contribution in [0.3, 0.4) is 0 Å². The van der Waals surface area contributed by atoms with Crippen LogP contribution >= 0.6 is 0 Å². The van der Waals surface area contributed by atoms with Crippen LogP contribution in [-0.2, 0) is 21.7 Å². The first-order valence-electron chi connectivity index (χ1n) is 29.6. The molecule has 19 rings (SSSR count). The summed E-state index contributed by atoms with van der Waals surface area (Å²) in [5.41, 5.74) is 30.1. The van der Waals surface area contributed by atoms with Crippen LogP contribution in [0.2, 0.25) is 0 Å². The molecule has 2 bridgehead atoms. The normalized spacial score (nSPS) is 24.5. The Hall–Kier alpha value is -8.98. The highest BCUT2D eigenvalue weighted by Gasteiger charge is 2.86. The van der Waals surface area contributed by atoms with Gasteiger partial charge in [0.15, 0.2) is 0 Å². The van der Waals surface area contributed by atoms with Gasteiger partial charge in [-0.2, -0.15) is 0 Å². The highest BCUT2D eigenvalue weighted by molar-refractivity contribution is 6.14. The van der Waals surface area contributed by atoms with E-state index in [4.69, 9.17) is 4.42 Å². The summed E-state index contributed by atoms with van der Waals surface area (Å²) in [5.74, 6) is 1.39. The second-order valence-corrected chi connectivity index (χ2v) is 25.5. The van der Waals surface area contributed by atoms with Gasteiger partial charge in [-0.1, -0.05) is 226 Å². The van der Waals surface area contributed by atoms with Crippen molar-refractivity contribution in [1.29, 1.82) is 0 Å². The smallest absolute Gasteiger partial charge is 0.143 e. The van der Waals surface area contributed by atoms with Crippen molar-refractivity contribution in [2.24, 2.45) is 5.92 Å². The van der Waals surface area contributed by atoms with E-state index in [1.807, 2.05) is 0 Å². The Labute approximate surface area is 473 Å². The van der Waals surface area contributed by atoms with Crippen molar-refractivity contribution >= 4 is 39.0 Å². The van der Waals surface area contributed by atoms with E-state index in [1.54, 1.807) is 22.3 Å². The number of hydrogen-bond donors (Lipinski definition) is 0. The zero-order chi connectivity index (χ0) is 53.1.